The fraction of sp³-hybridized carbons (Fsp3) is 0.360. The van der Waals surface area contributed by atoms with Crippen LogP contribution in [-0.2, 0) is 4.79 Å². The van der Waals surface area contributed by atoms with Gasteiger partial charge in [0.15, 0.2) is 5.65 Å². The first kappa shape index (κ1) is 23.7. The standard InChI is InChI=1S/C25H28BrN7O2/c1-14-3-4-19-16(7-14)8-17(9-28-19)18-10-31-33-23(27)21(26)22(32-24(18)33)15(2)29-12-25(5-6-25)13-30-20(35)11-34/h3-4,7-10,15,29,34H,5-6,11-13,27H2,1-2H3,(H,30,35). The number of nitrogens with one attached hydrogen (secondary N) is 2. The molecule has 0 saturated heterocycles. The lowest BCUT2D eigenvalue weighted by molar-refractivity contribution is -0.124. The molecule has 1 fully saturated rings. The van der Waals surface area contributed by atoms with Gasteiger partial charge in [-0.05, 0) is 60.8 Å². The lowest BCUT2D eigenvalue weighted by Gasteiger charge is -2.21. The summed E-state index contributed by atoms with van der Waals surface area (Å²) in [5, 5.41) is 20.8. The molecule has 10 heteroatoms. The molecule has 5 rings (SSSR count). The molecule has 0 aliphatic heterocycles. The number of benzene rings is 1. The van der Waals surface area contributed by atoms with Gasteiger partial charge in [-0.1, -0.05) is 11.6 Å². The number of amides is 1. The number of aliphatic hydroxyl groups is 1. The number of carbonyl (C=O) groups is 1. The normalized spacial score (nSPS) is 15.4. The number of hydrogen-bond donors (Lipinski definition) is 4. The van der Waals surface area contributed by atoms with Crippen molar-refractivity contribution < 1.29 is 9.90 Å². The summed E-state index contributed by atoms with van der Waals surface area (Å²) in [7, 11) is 0. The molecule has 1 aliphatic rings. The van der Waals surface area contributed by atoms with E-state index in [-0.39, 0.29) is 17.4 Å². The number of rotatable bonds is 8. The fourth-order valence-electron chi connectivity index (χ4n) is 4.30. The van der Waals surface area contributed by atoms with Crippen molar-refractivity contribution in [3.05, 3.63) is 52.4 Å². The first-order chi connectivity index (χ1) is 16.8. The maximum Gasteiger partial charge on any atom is 0.245 e. The molecule has 3 aromatic heterocycles. The second-order valence-electron chi connectivity index (χ2n) is 9.45. The number of fused-ring (bicyclic) bond motifs is 2. The molecule has 1 aliphatic carbocycles. The van der Waals surface area contributed by atoms with Gasteiger partial charge in [-0.25, -0.2) is 4.98 Å². The van der Waals surface area contributed by atoms with Crippen LogP contribution in [0, 0.1) is 12.3 Å². The molecular formula is C25H28BrN7O2. The Balaban J connectivity index is 1.43. The molecule has 182 valence electrons. The molecule has 1 saturated carbocycles. The SMILES string of the molecule is Cc1ccc2ncc(-c3cnn4c(N)c(Br)c(C(C)NCC5(CNC(=O)CO)CC5)nc34)cc2c1. The summed E-state index contributed by atoms with van der Waals surface area (Å²) in [4.78, 5) is 21.0. The average Bonchev–Trinajstić information content (AvgIpc) is 3.51. The summed E-state index contributed by atoms with van der Waals surface area (Å²) in [6.45, 7) is 4.88. The third kappa shape index (κ3) is 4.61. The Kier molecular flexibility index (Phi) is 6.20. The number of anilines is 1. The average molecular weight is 538 g/mol. The van der Waals surface area contributed by atoms with Crippen molar-refractivity contribution in [1.29, 1.82) is 0 Å². The van der Waals surface area contributed by atoms with Crippen molar-refractivity contribution in [2.24, 2.45) is 5.41 Å². The minimum absolute atomic E-state index is 0.0118. The van der Waals surface area contributed by atoms with E-state index >= 15 is 0 Å². The molecule has 5 N–H and O–H groups in total. The van der Waals surface area contributed by atoms with Gasteiger partial charge in [0.1, 0.15) is 12.4 Å². The van der Waals surface area contributed by atoms with E-state index in [0.717, 1.165) is 47.1 Å². The van der Waals surface area contributed by atoms with Crippen LogP contribution >= 0.6 is 15.9 Å². The van der Waals surface area contributed by atoms with Crippen LogP contribution in [0.25, 0.3) is 27.7 Å². The summed E-state index contributed by atoms with van der Waals surface area (Å²) >= 11 is 3.62. The van der Waals surface area contributed by atoms with Crippen molar-refractivity contribution in [3.8, 4) is 11.1 Å². The molecule has 4 aromatic rings. The van der Waals surface area contributed by atoms with Crippen LogP contribution in [0.3, 0.4) is 0 Å². The molecule has 0 bridgehead atoms. The van der Waals surface area contributed by atoms with Gasteiger partial charge in [-0.2, -0.15) is 9.61 Å². The van der Waals surface area contributed by atoms with Gasteiger partial charge in [0, 0.05) is 47.3 Å². The molecule has 0 radical (unpaired) electrons. The van der Waals surface area contributed by atoms with Gasteiger partial charge < -0.3 is 21.5 Å². The number of nitrogen functional groups attached to an aromatic ring is 1. The van der Waals surface area contributed by atoms with Crippen molar-refractivity contribution in [1.82, 2.24) is 30.2 Å². The highest BCUT2D eigenvalue weighted by molar-refractivity contribution is 9.10. The first-order valence-electron chi connectivity index (χ1n) is 11.6. The summed E-state index contributed by atoms with van der Waals surface area (Å²) in [5.41, 5.74) is 11.8. The number of carbonyl (C=O) groups excluding carboxylic acids is 1. The third-order valence-electron chi connectivity index (χ3n) is 6.75. The minimum atomic E-state index is -0.490. The summed E-state index contributed by atoms with van der Waals surface area (Å²) < 4.78 is 2.34. The van der Waals surface area contributed by atoms with Gasteiger partial charge in [0.25, 0.3) is 0 Å². The largest absolute Gasteiger partial charge is 0.387 e. The molecule has 3 heterocycles. The van der Waals surface area contributed by atoms with E-state index in [4.69, 9.17) is 15.8 Å². The predicted molar refractivity (Wildman–Crippen MR) is 139 cm³/mol. The van der Waals surface area contributed by atoms with Gasteiger partial charge in [-0.15, -0.1) is 0 Å². The van der Waals surface area contributed by atoms with Gasteiger partial charge in [0.2, 0.25) is 5.91 Å². The van der Waals surface area contributed by atoms with Crippen LogP contribution in [0.15, 0.2) is 41.1 Å². The van der Waals surface area contributed by atoms with Crippen LogP contribution in [0.1, 0.15) is 37.1 Å². The zero-order valence-electron chi connectivity index (χ0n) is 19.7. The number of pyridine rings is 1. The molecule has 1 atom stereocenters. The summed E-state index contributed by atoms with van der Waals surface area (Å²) in [6, 6.07) is 8.19. The van der Waals surface area contributed by atoms with Crippen LogP contribution in [0.5, 0.6) is 0 Å². The zero-order valence-corrected chi connectivity index (χ0v) is 21.3. The summed E-state index contributed by atoms with van der Waals surface area (Å²) in [5.74, 6) is 0.129. The van der Waals surface area contributed by atoms with E-state index in [1.165, 1.54) is 5.56 Å². The Morgan fingerprint density at radius 3 is 2.83 bits per heavy atom. The summed E-state index contributed by atoms with van der Waals surface area (Å²) in [6.07, 6.45) is 5.66. The molecular weight excluding hydrogens is 510 g/mol. The topological polar surface area (TPSA) is 130 Å². The van der Waals surface area contributed by atoms with E-state index in [9.17, 15) is 4.79 Å². The highest BCUT2D eigenvalue weighted by atomic mass is 79.9. The van der Waals surface area contributed by atoms with Crippen LogP contribution in [0.2, 0.25) is 0 Å². The Bertz CT molecular complexity index is 1430. The molecule has 9 nitrogen and oxygen atoms in total. The third-order valence-corrected chi connectivity index (χ3v) is 7.56. The van der Waals surface area contributed by atoms with E-state index in [1.807, 2.05) is 19.2 Å². The van der Waals surface area contributed by atoms with Crippen molar-refractivity contribution >= 4 is 44.2 Å². The Labute approximate surface area is 211 Å². The lowest BCUT2D eigenvalue weighted by Crippen LogP contribution is -2.37. The Hall–Kier alpha value is -3.08. The maximum atomic E-state index is 11.4. The molecule has 1 unspecified atom stereocenters. The second-order valence-corrected chi connectivity index (χ2v) is 10.2. The number of aliphatic hydroxyl groups excluding tert-OH is 1. The van der Waals surface area contributed by atoms with E-state index in [2.05, 4.69) is 61.8 Å². The molecule has 35 heavy (non-hydrogen) atoms. The van der Waals surface area contributed by atoms with Crippen LogP contribution in [-0.4, -0.2) is 50.3 Å². The van der Waals surface area contributed by atoms with E-state index in [0.29, 0.717) is 22.5 Å². The van der Waals surface area contributed by atoms with Crippen molar-refractivity contribution in [2.45, 2.75) is 32.7 Å². The smallest absolute Gasteiger partial charge is 0.245 e. The van der Waals surface area contributed by atoms with Crippen LogP contribution in [0.4, 0.5) is 5.82 Å². The number of nitrogens with zero attached hydrogens (tertiary/aromatic N) is 4. The Morgan fingerprint density at radius 2 is 2.09 bits per heavy atom. The number of nitrogens with two attached hydrogens (primary N) is 1. The Morgan fingerprint density at radius 1 is 1.29 bits per heavy atom. The van der Waals surface area contributed by atoms with Gasteiger partial charge in [-0.3, -0.25) is 9.78 Å². The van der Waals surface area contributed by atoms with Gasteiger partial charge >= 0.3 is 0 Å². The first-order valence-corrected chi connectivity index (χ1v) is 12.4. The van der Waals surface area contributed by atoms with E-state index < -0.39 is 6.61 Å². The minimum Gasteiger partial charge on any atom is -0.387 e. The quantitative estimate of drug-likeness (QED) is 0.271. The molecule has 1 aromatic carbocycles. The molecule has 1 amide bonds. The monoisotopic (exact) mass is 537 g/mol. The lowest BCUT2D eigenvalue weighted by atomic mass is 10.1. The van der Waals surface area contributed by atoms with Crippen molar-refractivity contribution in [2.75, 3.05) is 25.4 Å². The molecule has 0 spiro atoms. The number of hydrogen-bond acceptors (Lipinski definition) is 7. The predicted octanol–water partition coefficient (Wildman–Crippen LogP) is 3.14. The number of aryl methyl sites for hydroxylation is 1. The van der Waals surface area contributed by atoms with Crippen LogP contribution < -0.4 is 16.4 Å². The van der Waals surface area contributed by atoms with Gasteiger partial charge in [0.05, 0.1) is 21.9 Å². The highest BCUT2D eigenvalue weighted by Gasteiger charge is 2.42. The fourth-order valence-corrected chi connectivity index (χ4v) is 4.90. The maximum absolute atomic E-state index is 11.4. The second kappa shape index (κ2) is 9.18. The zero-order chi connectivity index (χ0) is 24.7. The van der Waals surface area contributed by atoms with Crippen molar-refractivity contribution in [3.63, 3.8) is 0 Å². The highest BCUT2D eigenvalue weighted by Crippen LogP contribution is 2.45. The van der Waals surface area contributed by atoms with E-state index in [1.54, 1.807) is 10.7 Å². The number of halogens is 1. The number of aromatic nitrogens is 4.